The summed E-state index contributed by atoms with van der Waals surface area (Å²) in [4.78, 5) is 13.3. The highest BCUT2D eigenvalue weighted by Gasteiger charge is 2.38. The molecule has 2 saturated heterocycles. The summed E-state index contributed by atoms with van der Waals surface area (Å²) in [5, 5.41) is 10.2. The van der Waals surface area contributed by atoms with Crippen LogP contribution in [0.3, 0.4) is 0 Å². The lowest BCUT2D eigenvalue weighted by Gasteiger charge is -2.28. The van der Waals surface area contributed by atoms with E-state index in [-0.39, 0.29) is 18.5 Å². The molecular formula is C24H29F4N9O. The molecule has 0 amide bonds. The van der Waals surface area contributed by atoms with Crippen LogP contribution in [0.15, 0.2) is 24.4 Å². The Kier molecular flexibility index (Phi) is 7.09. The summed E-state index contributed by atoms with van der Waals surface area (Å²) in [5.74, 6) is -1.71. The molecule has 2 fully saturated rings. The minimum absolute atomic E-state index is 0.136. The minimum atomic E-state index is -2.50. The monoisotopic (exact) mass is 535 g/mol. The number of nitrogens with two attached hydrogens (primary N) is 1. The number of nitrogens with one attached hydrogen (secondary N) is 2. The summed E-state index contributed by atoms with van der Waals surface area (Å²) < 4.78 is 59.4. The van der Waals surface area contributed by atoms with Crippen LogP contribution >= 0.6 is 0 Å². The number of hydrogen-bond donors (Lipinski definition) is 3. The zero-order valence-electron chi connectivity index (χ0n) is 21.0. The quantitative estimate of drug-likeness (QED) is 0.333. The Bertz CT molecular complexity index is 1430. The van der Waals surface area contributed by atoms with Gasteiger partial charge in [-0.2, -0.15) is 4.98 Å². The van der Waals surface area contributed by atoms with Gasteiger partial charge in [-0.1, -0.05) is 6.92 Å². The van der Waals surface area contributed by atoms with E-state index in [0.717, 1.165) is 12.1 Å². The second-order valence-corrected chi connectivity index (χ2v) is 9.55. The number of alkyl halides is 4. The van der Waals surface area contributed by atoms with Crippen molar-refractivity contribution in [2.75, 3.05) is 37.4 Å². The lowest BCUT2D eigenvalue weighted by molar-refractivity contribution is -0.0658. The number of aromatic nitrogens is 6. The van der Waals surface area contributed by atoms with Crippen molar-refractivity contribution >= 4 is 28.4 Å². The standard InChI is InChI=1S/C18H18F2N8O.C6H11F2N/c1-9-22-13-3-2-12(24-17(13)27(9)6-14(19)20)11-4-5-28-15(11)16(25-18(21)26-28)23-10-7-29-8-10;1-5-2-3-9-4-6(5,7)8/h2-5,10,14H,6-8H2,1H3,(H3,21,23,25,26);5,9H,2-4H2,1H3. The zero-order valence-corrected chi connectivity index (χ0v) is 21.0. The molecule has 1 unspecified atom stereocenters. The van der Waals surface area contributed by atoms with Gasteiger partial charge in [0.05, 0.1) is 38.0 Å². The highest BCUT2D eigenvalue weighted by atomic mass is 19.3. The van der Waals surface area contributed by atoms with E-state index in [1.54, 1.807) is 30.6 Å². The van der Waals surface area contributed by atoms with E-state index in [2.05, 4.69) is 30.7 Å². The van der Waals surface area contributed by atoms with Gasteiger partial charge >= 0.3 is 0 Å². The Morgan fingerprint density at radius 2 is 2.00 bits per heavy atom. The second kappa shape index (κ2) is 10.3. The van der Waals surface area contributed by atoms with Crippen LogP contribution in [0.2, 0.25) is 0 Å². The van der Waals surface area contributed by atoms with Gasteiger partial charge in [-0.25, -0.2) is 32.0 Å². The molecule has 38 heavy (non-hydrogen) atoms. The molecule has 6 rings (SSSR count). The van der Waals surface area contributed by atoms with Gasteiger partial charge in [0.15, 0.2) is 11.5 Å². The number of fused-ring (bicyclic) bond motifs is 2. The third kappa shape index (κ3) is 5.23. The van der Waals surface area contributed by atoms with Crippen LogP contribution in [0.4, 0.5) is 29.3 Å². The number of hydrogen-bond acceptors (Lipinski definition) is 8. The lowest BCUT2D eigenvalue weighted by Crippen LogP contribution is -2.44. The fourth-order valence-corrected chi connectivity index (χ4v) is 4.44. The third-order valence-corrected chi connectivity index (χ3v) is 6.72. The number of imidazole rings is 1. The summed E-state index contributed by atoms with van der Waals surface area (Å²) >= 11 is 0. The molecule has 2 aliphatic heterocycles. The molecule has 0 aromatic carbocycles. The summed E-state index contributed by atoms with van der Waals surface area (Å²) in [6.45, 7) is 4.59. The van der Waals surface area contributed by atoms with E-state index >= 15 is 0 Å². The van der Waals surface area contributed by atoms with Crippen molar-refractivity contribution in [2.24, 2.45) is 5.92 Å². The fraction of sp³-hybridized carbons (Fsp3) is 0.500. The molecule has 0 aliphatic carbocycles. The van der Waals surface area contributed by atoms with Crippen LogP contribution in [0.1, 0.15) is 19.2 Å². The van der Waals surface area contributed by atoms with Crippen LogP contribution in [-0.2, 0) is 11.3 Å². The molecule has 204 valence electrons. The number of piperidine rings is 1. The smallest absolute Gasteiger partial charge is 0.262 e. The lowest BCUT2D eigenvalue weighted by atomic mass is 9.97. The first-order valence-corrected chi connectivity index (χ1v) is 12.3. The van der Waals surface area contributed by atoms with Gasteiger partial charge in [0.2, 0.25) is 5.95 Å². The fourth-order valence-electron chi connectivity index (χ4n) is 4.44. The Labute approximate surface area is 215 Å². The van der Waals surface area contributed by atoms with Crippen molar-refractivity contribution < 1.29 is 22.3 Å². The van der Waals surface area contributed by atoms with Crippen molar-refractivity contribution in [3.8, 4) is 11.3 Å². The predicted octanol–water partition coefficient (Wildman–Crippen LogP) is 3.36. The third-order valence-electron chi connectivity index (χ3n) is 6.72. The molecule has 0 saturated carbocycles. The van der Waals surface area contributed by atoms with Crippen molar-refractivity contribution in [1.29, 1.82) is 0 Å². The maximum Gasteiger partial charge on any atom is 0.262 e. The molecule has 0 spiro atoms. The number of aryl methyl sites for hydroxylation is 1. The molecule has 10 nitrogen and oxygen atoms in total. The van der Waals surface area contributed by atoms with Crippen molar-refractivity contribution in [3.63, 3.8) is 0 Å². The minimum Gasteiger partial charge on any atom is -0.377 e. The van der Waals surface area contributed by atoms with Gasteiger partial charge in [0, 0.05) is 17.7 Å². The first-order chi connectivity index (χ1) is 18.1. The van der Waals surface area contributed by atoms with Crippen molar-refractivity contribution in [1.82, 2.24) is 34.4 Å². The Morgan fingerprint density at radius 1 is 1.21 bits per heavy atom. The molecule has 2 aliphatic rings. The van der Waals surface area contributed by atoms with Crippen LogP contribution in [0.5, 0.6) is 0 Å². The number of nitrogen functional groups attached to an aromatic ring is 1. The molecule has 14 heteroatoms. The maximum absolute atomic E-state index is 13.0. The number of rotatable bonds is 5. The summed E-state index contributed by atoms with van der Waals surface area (Å²) in [6.07, 6.45) is -0.144. The summed E-state index contributed by atoms with van der Waals surface area (Å²) in [7, 11) is 0. The number of anilines is 2. The first-order valence-electron chi connectivity index (χ1n) is 12.3. The summed E-state index contributed by atoms with van der Waals surface area (Å²) in [5.41, 5.74) is 8.90. The van der Waals surface area contributed by atoms with E-state index in [9.17, 15) is 17.6 Å². The molecule has 1 atom stereocenters. The largest absolute Gasteiger partial charge is 0.377 e. The topological polar surface area (TPSA) is 120 Å². The van der Waals surface area contributed by atoms with Crippen molar-refractivity contribution in [2.45, 2.75) is 45.2 Å². The zero-order chi connectivity index (χ0) is 27.0. The molecular weight excluding hydrogens is 506 g/mol. The van der Waals surface area contributed by atoms with Crippen LogP contribution in [-0.4, -0.2) is 73.8 Å². The maximum atomic E-state index is 13.0. The Morgan fingerprint density at radius 3 is 2.63 bits per heavy atom. The van der Waals surface area contributed by atoms with E-state index in [4.69, 9.17) is 10.5 Å². The van der Waals surface area contributed by atoms with Gasteiger partial charge in [0.25, 0.3) is 12.3 Å². The predicted molar refractivity (Wildman–Crippen MR) is 134 cm³/mol. The van der Waals surface area contributed by atoms with Crippen LogP contribution < -0.4 is 16.4 Å². The Balaban J connectivity index is 0.000000278. The highest BCUT2D eigenvalue weighted by Crippen LogP contribution is 2.31. The SMILES string of the molecule is CC1CCNCC1(F)F.Cc1nc2ccc(-c3ccn4nc(N)nc(NC5COC5)c34)nc2n1CC(F)F. The molecule has 4 N–H and O–H groups in total. The molecule has 4 aromatic heterocycles. The van der Waals surface area contributed by atoms with Crippen molar-refractivity contribution in [3.05, 3.63) is 30.2 Å². The molecule has 6 heterocycles. The number of ether oxygens (including phenoxy) is 1. The average Bonchev–Trinajstić information content (AvgIpc) is 3.39. The number of halogens is 4. The normalized spacial score (nSPS) is 19.4. The second-order valence-electron chi connectivity index (χ2n) is 9.55. The molecule has 4 aromatic rings. The van der Waals surface area contributed by atoms with E-state index < -0.39 is 24.8 Å². The number of nitrogens with zero attached hydrogens (tertiary/aromatic N) is 6. The summed E-state index contributed by atoms with van der Waals surface area (Å²) in [6, 6.07) is 5.58. The number of pyridine rings is 1. The molecule has 0 bridgehead atoms. The van der Waals surface area contributed by atoms with Crippen LogP contribution in [0, 0.1) is 12.8 Å². The van der Waals surface area contributed by atoms with E-state index in [1.165, 1.54) is 4.57 Å². The molecule has 0 radical (unpaired) electrons. The van der Waals surface area contributed by atoms with Gasteiger partial charge < -0.3 is 25.7 Å². The van der Waals surface area contributed by atoms with Gasteiger partial charge in [-0.3, -0.25) is 0 Å². The van der Waals surface area contributed by atoms with Gasteiger partial charge in [0.1, 0.15) is 16.9 Å². The van der Waals surface area contributed by atoms with E-state index in [0.29, 0.717) is 53.7 Å². The van der Waals surface area contributed by atoms with Crippen LogP contribution in [0.25, 0.3) is 27.9 Å². The first kappa shape index (κ1) is 26.1. The van der Waals surface area contributed by atoms with Gasteiger partial charge in [-0.05, 0) is 38.1 Å². The van der Waals surface area contributed by atoms with E-state index in [1.807, 2.05) is 12.1 Å². The van der Waals surface area contributed by atoms with Gasteiger partial charge in [-0.15, -0.1) is 5.10 Å². The highest BCUT2D eigenvalue weighted by molar-refractivity contribution is 5.89. The average molecular weight is 536 g/mol. The Hall–Kier alpha value is -3.52.